The maximum Gasteiger partial charge on any atom is 0.123 e. The minimum Gasteiger partial charge on any atom is -0.389 e. The van der Waals surface area contributed by atoms with Gasteiger partial charge < -0.3 is 15.9 Å². The average molecular weight is 254 g/mol. The molecule has 100 valence electrons. The zero-order chi connectivity index (χ0) is 13.1. The predicted octanol–water partition coefficient (Wildman–Crippen LogP) is 0.253. The van der Waals surface area contributed by atoms with Crippen molar-refractivity contribution in [3.8, 4) is 0 Å². The number of halogens is 1. The highest BCUT2D eigenvalue weighted by Crippen LogP contribution is 2.17. The van der Waals surface area contributed by atoms with Crippen molar-refractivity contribution in [2.45, 2.75) is 24.7 Å². The van der Waals surface area contributed by atoms with E-state index in [0.717, 1.165) is 5.56 Å². The van der Waals surface area contributed by atoms with Gasteiger partial charge in [-0.25, -0.2) is 4.39 Å². The van der Waals surface area contributed by atoms with Crippen LogP contribution in [0.5, 0.6) is 0 Å². The summed E-state index contributed by atoms with van der Waals surface area (Å²) >= 11 is 0. The Bertz CT molecular complexity index is 375. The third kappa shape index (κ3) is 3.26. The molecule has 0 aromatic heterocycles. The van der Waals surface area contributed by atoms with E-state index in [0.29, 0.717) is 26.1 Å². The number of benzene rings is 1. The molecule has 2 rings (SSSR count). The topological polar surface area (TPSA) is 69.7 Å². The molecule has 1 heterocycles. The van der Waals surface area contributed by atoms with Gasteiger partial charge in [-0.1, -0.05) is 12.1 Å². The zero-order valence-electron chi connectivity index (χ0n) is 10.2. The molecule has 1 aliphatic heterocycles. The van der Waals surface area contributed by atoms with Crippen molar-refractivity contribution in [1.29, 1.82) is 0 Å². The van der Waals surface area contributed by atoms with Gasteiger partial charge in [-0.05, 0) is 24.1 Å². The first kappa shape index (κ1) is 13.4. The number of hydrogen-bond acceptors (Lipinski definition) is 4. The highest BCUT2D eigenvalue weighted by molar-refractivity contribution is 5.19. The maximum absolute atomic E-state index is 12.8. The molecule has 0 amide bonds. The standard InChI is InChI=1S/C13H19FN2O2/c14-10-3-1-9(2-4-10)11(15)5-6-16-7-12(17)13(18)8-16/h1-4,11-13,17-18H,5-8,15H2. The molecule has 5 heteroatoms. The van der Waals surface area contributed by atoms with Crippen LogP contribution in [0.3, 0.4) is 0 Å². The van der Waals surface area contributed by atoms with E-state index in [1.807, 2.05) is 4.90 Å². The van der Waals surface area contributed by atoms with Gasteiger partial charge in [0.25, 0.3) is 0 Å². The number of aliphatic hydroxyl groups is 2. The smallest absolute Gasteiger partial charge is 0.123 e. The summed E-state index contributed by atoms with van der Waals surface area (Å²) in [4.78, 5) is 1.98. The van der Waals surface area contributed by atoms with Crippen LogP contribution in [0.15, 0.2) is 24.3 Å². The predicted molar refractivity (Wildman–Crippen MR) is 66.4 cm³/mol. The van der Waals surface area contributed by atoms with Crippen molar-refractivity contribution in [2.75, 3.05) is 19.6 Å². The van der Waals surface area contributed by atoms with Crippen LogP contribution in [-0.2, 0) is 0 Å². The lowest BCUT2D eigenvalue weighted by Crippen LogP contribution is -2.26. The Morgan fingerprint density at radius 2 is 1.78 bits per heavy atom. The van der Waals surface area contributed by atoms with E-state index in [-0.39, 0.29) is 11.9 Å². The van der Waals surface area contributed by atoms with Gasteiger partial charge in [0.1, 0.15) is 5.82 Å². The largest absolute Gasteiger partial charge is 0.389 e. The Morgan fingerprint density at radius 1 is 1.22 bits per heavy atom. The van der Waals surface area contributed by atoms with E-state index in [4.69, 9.17) is 5.73 Å². The summed E-state index contributed by atoms with van der Waals surface area (Å²) in [5.74, 6) is -0.267. The molecule has 18 heavy (non-hydrogen) atoms. The first-order valence-electron chi connectivity index (χ1n) is 6.16. The van der Waals surface area contributed by atoms with Crippen LogP contribution in [0.1, 0.15) is 18.0 Å². The fraction of sp³-hybridized carbons (Fsp3) is 0.538. The van der Waals surface area contributed by atoms with Crippen LogP contribution < -0.4 is 5.73 Å². The lowest BCUT2D eigenvalue weighted by Gasteiger charge is -2.18. The third-order valence-corrected chi connectivity index (χ3v) is 3.39. The summed E-state index contributed by atoms with van der Waals surface area (Å²) in [5, 5.41) is 18.8. The molecule has 0 saturated carbocycles. The fourth-order valence-electron chi connectivity index (χ4n) is 2.23. The van der Waals surface area contributed by atoms with Crippen molar-refractivity contribution >= 4 is 0 Å². The Hall–Kier alpha value is -1.01. The molecule has 1 aromatic rings. The summed E-state index contributed by atoms with van der Waals surface area (Å²) in [7, 11) is 0. The Kier molecular flexibility index (Phi) is 4.29. The first-order valence-corrected chi connectivity index (χ1v) is 6.16. The number of β-amino-alcohol motifs (C(OH)–C–C–N with tert-alkyl or cyclic N) is 2. The molecule has 3 atom stereocenters. The summed E-state index contributed by atoms with van der Waals surface area (Å²) in [5.41, 5.74) is 6.92. The lowest BCUT2D eigenvalue weighted by atomic mass is 10.0. The van der Waals surface area contributed by atoms with Crippen molar-refractivity contribution < 1.29 is 14.6 Å². The van der Waals surface area contributed by atoms with Crippen molar-refractivity contribution in [3.63, 3.8) is 0 Å². The van der Waals surface area contributed by atoms with Crippen LogP contribution in [-0.4, -0.2) is 47.0 Å². The van der Waals surface area contributed by atoms with Gasteiger partial charge in [0.05, 0.1) is 12.2 Å². The highest BCUT2D eigenvalue weighted by Gasteiger charge is 2.29. The van der Waals surface area contributed by atoms with Gasteiger partial charge in [-0.15, -0.1) is 0 Å². The minimum absolute atomic E-state index is 0.152. The zero-order valence-corrected chi connectivity index (χ0v) is 10.2. The van der Waals surface area contributed by atoms with E-state index >= 15 is 0 Å². The molecular formula is C13H19FN2O2. The molecule has 1 aromatic carbocycles. The van der Waals surface area contributed by atoms with Gasteiger partial charge in [-0.2, -0.15) is 0 Å². The summed E-state index contributed by atoms with van der Waals surface area (Å²) in [6, 6.07) is 6.03. The molecule has 0 spiro atoms. The number of hydrogen-bond donors (Lipinski definition) is 3. The van der Waals surface area contributed by atoms with E-state index in [1.54, 1.807) is 12.1 Å². The number of rotatable bonds is 4. The second-order valence-corrected chi connectivity index (χ2v) is 4.84. The number of aliphatic hydroxyl groups excluding tert-OH is 2. The summed E-state index contributed by atoms with van der Waals surface area (Å²) in [6.45, 7) is 1.68. The second-order valence-electron chi connectivity index (χ2n) is 4.84. The Balaban J connectivity index is 1.81. The SMILES string of the molecule is NC(CCN1CC(O)C(O)C1)c1ccc(F)cc1. The van der Waals surface area contributed by atoms with E-state index in [2.05, 4.69) is 0 Å². The lowest BCUT2D eigenvalue weighted by molar-refractivity contribution is 0.0572. The molecule has 3 unspecified atom stereocenters. The van der Waals surface area contributed by atoms with Crippen LogP contribution in [0.4, 0.5) is 4.39 Å². The van der Waals surface area contributed by atoms with E-state index in [9.17, 15) is 14.6 Å². The molecule has 1 aliphatic rings. The molecule has 0 radical (unpaired) electrons. The van der Waals surface area contributed by atoms with Crippen LogP contribution >= 0.6 is 0 Å². The van der Waals surface area contributed by atoms with Gasteiger partial charge in [0.2, 0.25) is 0 Å². The van der Waals surface area contributed by atoms with E-state index in [1.165, 1.54) is 12.1 Å². The quantitative estimate of drug-likeness (QED) is 0.720. The fourth-order valence-corrected chi connectivity index (χ4v) is 2.23. The first-order chi connectivity index (χ1) is 8.56. The molecular weight excluding hydrogens is 235 g/mol. The molecule has 1 saturated heterocycles. The average Bonchev–Trinajstić information content (AvgIpc) is 2.67. The van der Waals surface area contributed by atoms with Gasteiger partial charge in [0, 0.05) is 25.7 Å². The van der Waals surface area contributed by atoms with Crippen LogP contribution in [0.2, 0.25) is 0 Å². The third-order valence-electron chi connectivity index (χ3n) is 3.39. The normalized spacial score (nSPS) is 26.4. The monoisotopic (exact) mass is 254 g/mol. The number of likely N-dealkylation sites (tertiary alicyclic amines) is 1. The molecule has 0 bridgehead atoms. The summed E-state index contributed by atoms with van der Waals surface area (Å²) < 4.78 is 12.8. The van der Waals surface area contributed by atoms with Crippen molar-refractivity contribution in [3.05, 3.63) is 35.6 Å². The highest BCUT2D eigenvalue weighted by atomic mass is 19.1. The Morgan fingerprint density at radius 3 is 2.33 bits per heavy atom. The molecule has 1 fully saturated rings. The molecule has 0 aliphatic carbocycles. The van der Waals surface area contributed by atoms with Gasteiger partial charge >= 0.3 is 0 Å². The van der Waals surface area contributed by atoms with E-state index < -0.39 is 12.2 Å². The number of nitrogens with zero attached hydrogens (tertiary/aromatic N) is 1. The van der Waals surface area contributed by atoms with Crippen molar-refractivity contribution in [1.82, 2.24) is 4.90 Å². The van der Waals surface area contributed by atoms with Crippen LogP contribution in [0, 0.1) is 5.82 Å². The van der Waals surface area contributed by atoms with Gasteiger partial charge in [-0.3, -0.25) is 4.90 Å². The van der Waals surface area contributed by atoms with Crippen molar-refractivity contribution in [2.24, 2.45) is 5.73 Å². The minimum atomic E-state index is -0.660. The molecule has 4 N–H and O–H groups in total. The number of nitrogens with two attached hydrogens (primary N) is 1. The summed E-state index contributed by atoms with van der Waals surface area (Å²) in [6.07, 6.45) is -0.607. The maximum atomic E-state index is 12.8. The second kappa shape index (κ2) is 5.75. The van der Waals surface area contributed by atoms with Gasteiger partial charge in [0.15, 0.2) is 0 Å². The molecule has 4 nitrogen and oxygen atoms in total. The van der Waals surface area contributed by atoms with Crippen LogP contribution in [0.25, 0.3) is 0 Å². The Labute approximate surface area is 106 Å².